The molecular formula is C14H15F3N2O3. The Morgan fingerprint density at radius 2 is 2.00 bits per heavy atom. The summed E-state index contributed by atoms with van der Waals surface area (Å²) in [7, 11) is 0. The molecule has 2 N–H and O–H groups in total. The molecule has 0 unspecified atom stereocenters. The van der Waals surface area contributed by atoms with E-state index < -0.39 is 30.3 Å². The van der Waals surface area contributed by atoms with Gasteiger partial charge in [0.25, 0.3) is 11.6 Å². The first-order chi connectivity index (χ1) is 10.2. The molecule has 1 aromatic rings. The van der Waals surface area contributed by atoms with Crippen molar-refractivity contribution in [2.24, 2.45) is 5.10 Å². The Balaban J connectivity index is 2.35. The number of nitrogens with zero attached hydrogens (tertiary/aromatic N) is 2. The first-order valence-electron chi connectivity index (χ1n) is 6.63. The molecule has 1 aromatic carbocycles. The molecule has 0 fully saturated rings. The second-order valence-electron chi connectivity index (χ2n) is 4.97. The summed E-state index contributed by atoms with van der Waals surface area (Å²) in [6, 6.07) is 7.50. The number of carbonyl (C=O) groups is 1. The van der Waals surface area contributed by atoms with Gasteiger partial charge in [0.2, 0.25) is 0 Å². The second-order valence-corrected chi connectivity index (χ2v) is 4.97. The highest BCUT2D eigenvalue weighted by molar-refractivity contribution is 5.92. The molecule has 2 atom stereocenters. The minimum Gasteiger partial charge on any atom is -0.378 e. The fourth-order valence-electron chi connectivity index (χ4n) is 2.16. The Morgan fingerprint density at radius 3 is 2.50 bits per heavy atom. The molecule has 1 heterocycles. The molecule has 0 spiro atoms. The fraction of sp³-hybridized carbons (Fsp3) is 0.429. The van der Waals surface area contributed by atoms with Crippen molar-refractivity contribution in [3.63, 3.8) is 0 Å². The van der Waals surface area contributed by atoms with Gasteiger partial charge >= 0.3 is 6.18 Å². The van der Waals surface area contributed by atoms with Crippen LogP contribution in [0.4, 0.5) is 13.2 Å². The molecule has 5 nitrogen and oxygen atoms in total. The van der Waals surface area contributed by atoms with E-state index in [9.17, 15) is 28.2 Å². The highest BCUT2D eigenvalue weighted by Crippen LogP contribution is 2.41. The summed E-state index contributed by atoms with van der Waals surface area (Å²) in [4.78, 5) is 12.2. The predicted molar refractivity (Wildman–Crippen MR) is 71.6 cm³/mol. The van der Waals surface area contributed by atoms with Crippen LogP contribution >= 0.6 is 0 Å². The van der Waals surface area contributed by atoms with Crippen LogP contribution in [0.25, 0.3) is 0 Å². The highest BCUT2D eigenvalue weighted by Gasteiger charge is 2.63. The van der Waals surface area contributed by atoms with Crippen molar-refractivity contribution >= 4 is 11.6 Å². The zero-order chi connectivity index (χ0) is 16.5. The topological polar surface area (TPSA) is 73.1 Å². The molecule has 0 saturated heterocycles. The normalized spacial score (nSPS) is 23.4. The van der Waals surface area contributed by atoms with Gasteiger partial charge in [0.15, 0.2) is 6.10 Å². The molecule has 0 aromatic heterocycles. The summed E-state index contributed by atoms with van der Waals surface area (Å²) in [6.45, 7) is 1.57. The molecule has 22 heavy (non-hydrogen) atoms. The van der Waals surface area contributed by atoms with Gasteiger partial charge in [-0.05, 0) is 12.0 Å². The third kappa shape index (κ3) is 2.71. The molecule has 1 aliphatic heterocycles. The first-order valence-corrected chi connectivity index (χ1v) is 6.63. The molecule has 0 radical (unpaired) electrons. The van der Waals surface area contributed by atoms with Crippen LogP contribution in [0.2, 0.25) is 0 Å². The van der Waals surface area contributed by atoms with Crippen LogP contribution in [0.15, 0.2) is 35.4 Å². The lowest BCUT2D eigenvalue weighted by atomic mass is 10.0. The molecule has 1 amide bonds. The number of benzene rings is 1. The van der Waals surface area contributed by atoms with Crippen molar-refractivity contribution in [2.75, 3.05) is 0 Å². The Labute approximate surface area is 124 Å². The van der Waals surface area contributed by atoms with Gasteiger partial charge in [-0.3, -0.25) is 4.79 Å². The number of rotatable bonds is 3. The fourth-order valence-corrected chi connectivity index (χ4v) is 2.16. The molecule has 1 aliphatic rings. The van der Waals surface area contributed by atoms with Gasteiger partial charge < -0.3 is 10.2 Å². The third-order valence-corrected chi connectivity index (χ3v) is 3.46. The van der Waals surface area contributed by atoms with Crippen LogP contribution in [0.5, 0.6) is 0 Å². The smallest absolute Gasteiger partial charge is 0.378 e. The van der Waals surface area contributed by atoms with E-state index in [4.69, 9.17) is 0 Å². The summed E-state index contributed by atoms with van der Waals surface area (Å²) in [5, 5.41) is 23.4. The maximum atomic E-state index is 13.1. The van der Waals surface area contributed by atoms with Gasteiger partial charge in [0.1, 0.15) is 0 Å². The zero-order valence-electron chi connectivity index (χ0n) is 11.7. The maximum absolute atomic E-state index is 13.1. The van der Waals surface area contributed by atoms with Crippen LogP contribution < -0.4 is 0 Å². The molecule has 2 rings (SSSR count). The summed E-state index contributed by atoms with van der Waals surface area (Å²) in [5.74, 6) is -1.32. The van der Waals surface area contributed by atoms with E-state index >= 15 is 0 Å². The number of alkyl halides is 3. The largest absolute Gasteiger partial charge is 0.438 e. The number of aliphatic hydroxyl groups excluding tert-OH is 1. The van der Waals surface area contributed by atoms with Crippen LogP contribution in [-0.2, 0) is 4.79 Å². The molecule has 120 valence electrons. The van der Waals surface area contributed by atoms with Gasteiger partial charge in [0.05, 0.1) is 0 Å². The van der Waals surface area contributed by atoms with E-state index in [0.29, 0.717) is 0 Å². The Morgan fingerprint density at radius 1 is 1.41 bits per heavy atom. The van der Waals surface area contributed by atoms with Crippen LogP contribution in [0.1, 0.15) is 31.4 Å². The van der Waals surface area contributed by atoms with Gasteiger partial charge in [-0.25, -0.2) is 0 Å². The predicted octanol–water partition coefficient (Wildman–Crippen LogP) is 1.97. The van der Waals surface area contributed by atoms with E-state index in [-0.39, 0.29) is 22.7 Å². The number of aliphatic hydroxyl groups is 2. The Hall–Kier alpha value is -1.93. The van der Waals surface area contributed by atoms with Crippen LogP contribution in [-0.4, -0.2) is 38.7 Å². The number of carbonyl (C=O) groups excluding carboxylic acids is 1. The molecule has 0 bridgehead atoms. The van der Waals surface area contributed by atoms with Crippen molar-refractivity contribution in [1.29, 1.82) is 0 Å². The number of halogens is 3. The number of hydrazone groups is 1. The quantitative estimate of drug-likeness (QED) is 0.895. The minimum absolute atomic E-state index is 0.0356. The van der Waals surface area contributed by atoms with Gasteiger partial charge in [-0.2, -0.15) is 23.3 Å². The molecule has 0 saturated carbocycles. The van der Waals surface area contributed by atoms with E-state index in [2.05, 4.69) is 5.10 Å². The number of hydrogen-bond acceptors (Lipinski definition) is 4. The van der Waals surface area contributed by atoms with E-state index in [1.54, 1.807) is 13.0 Å². The molecular weight excluding hydrogens is 301 g/mol. The van der Waals surface area contributed by atoms with Crippen molar-refractivity contribution in [3.05, 3.63) is 35.9 Å². The lowest BCUT2D eigenvalue weighted by Gasteiger charge is -2.33. The van der Waals surface area contributed by atoms with E-state index in [0.717, 1.165) is 0 Å². The van der Waals surface area contributed by atoms with Crippen molar-refractivity contribution in [1.82, 2.24) is 5.01 Å². The molecule has 8 heteroatoms. The van der Waals surface area contributed by atoms with E-state index in [1.807, 2.05) is 0 Å². The third-order valence-electron chi connectivity index (χ3n) is 3.46. The van der Waals surface area contributed by atoms with Crippen molar-refractivity contribution < 1.29 is 28.2 Å². The van der Waals surface area contributed by atoms with Crippen molar-refractivity contribution in [2.45, 2.75) is 37.8 Å². The van der Waals surface area contributed by atoms with Gasteiger partial charge in [0, 0.05) is 12.1 Å². The van der Waals surface area contributed by atoms with Gasteiger partial charge in [-0.15, -0.1) is 0 Å². The SMILES string of the molecule is CCC1=NN(C(=O)[C@@H](O)c2ccccc2)[C@](O)(C(F)(F)F)C1. The van der Waals surface area contributed by atoms with E-state index in [1.165, 1.54) is 24.3 Å². The summed E-state index contributed by atoms with van der Waals surface area (Å²) in [5.41, 5.74) is -3.27. The average Bonchev–Trinajstić information content (AvgIpc) is 2.85. The van der Waals surface area contributed by atoms with Crippen LogP contribution in [0, 0.1) is 0 Å². The summed E-state index contributed by atoms with van der Waals surface area (Å²) >= 11 is 0. The zero-order valence-corrected chi connectivity index (χ0v) is 11.7. The van der Waals surface area contributed by atoms with Gasteiger partial charge in [-0.1, -0.05) is 37.3 Å². The number of hydrogen-bond donors (Lipinski definition) is 2. The lowest BCUT2D eigenvalue weighted by molar-refractivity contribution is -0.303. The standard InChI is InChI=1S/C14H15F3N2O3/c1-2-10-8-13(22,14(15,16)17)19(18-10)12(21)11(20)9-6-4-3-5-7-9/h3-7,11,20,22H,2,8H2,1H3/t11-,13+/m0/s1. The van der Waals surface area contributed by atoms with Crippen LogP contribution in [0.3, 0.4) is 0 Å². The Kier molecular flexibility index (Phi) is 4.25. The summed E-state index contributed by atoms with van der Waals surface area (Å²) in [6.07, 6.45) is -7.58. The minimum atomic E-state index is -5.08. The first kappa shape index (κ1) is 16.4. The molecule has 0 aliphatic carbocycles. The number of amides is 1. The average molecular weight is 316 g/mol. The Bertz CT molecular complexity index is 589. The maximum Gasteiger partial charge on any atom is 0.438 e. The highest BCUT2D eigenvalue weighted by atomic mass is 19.4. The lowest BCUT2D eigenvalue weighted by Crippen LogP contribution is -2.57. The van der Waals surface area contributed by atoms with Crippen molar-refractivity contribution in [3.8, 4) is 0 Å². The monoisotopic (exact) mass is 316 g/mol. The second kappa shape index (κ2) is 5.69. The summed E-state index contributed by atoms with van der Waals surface area (Å²) < 4.78 is 39.4.